The number of para-hydroxylation sites is 1. The van der Waals surface area contributed by atoms with Gasteiger partial charge in [-0.2, -0.15) is 0 Å². The van der Waals surface area contributed by atoms with Crippen LogP contribution in [0.1, 0.15) is 12.6 Å². The number of methoxy groups -OCH3 is 2. The first-order valence-electron chi connectivity index (χ1n) is 9.50. The lowest BCUT2D eigenvalue weighted by Gasteiger charge is -2.17. The van der Waals surface area contributed by atoms with Gasteiger partial charge in [0.05, 0.1) is 31.3 Å². The molecule has 30 heavy (non-hydrogen) atoms. The second kappa shape index (κ2) is 8.77. The molecule has 0 spiro atoms. The Bertz CT molecular complexity index is 1100. The van der Waals surface area contributed by atoms with Gasteiger partial charge in [0.1, 0.15) is 23.2 Å². The Morgan fingerprint density at radius 1 is 1.07 bits per heavy atom. The van der Waals surface area contributed by atoms with Crippen molar-refractivity contribution in [2.45, 2.75) is 19.9 Å². The Morgan fingerprint density at radius 2 is 1.77 bits per heavy atom. The predicted octanol–water partition coefficient (Wildman–Crippen LogP) is 2.94. The van der Waals surface area contributed by atoms with Gasteiger partial charge in [-0.15, -0.1) is 0 Å². The molecule has 1 heterocycles. The van der Waals surface area contributed by atoms with Crippen LogP contribution in [0.25, 0.3) is 5.69 Å². The van der Waals surface area contributed by atoms with Gasteiger partial charge in [0.15, 0.2) is 0 Å². The fourth-order valence-electron chi connectivity index (χ4n) is 3.16. The van der Waals surface area contributed by atoms with Crippen LogP contribution in [0.5, 0.6) is 11.5 Å². The van der Waals surface area contributed by atoms with Crippen molar-refractivity contribution in [3.63, 3.8) is 0 Å². The Hall–Kier alpha value is -3.68. The molecule has 0 radical (unpaired) electrons. The van der Waals surface area contributed by atoms with Crippen molar-refractivity contribution in [3.8, 4) is 17.2 Å². The minimum absolute atomic E-state index is 0.252. The van der Waals surface area contributed by atoms with E-state index < -0.39 is 6.04 Å². The first-order chi connectivity index (χ1) is 14.4. The maximum atomic E-state index is 13.0. The molecule has 0 fully saturated rings. The zero-order valence-electron chi connectivity index (χ0n) is 17.7. The highest BCUT2D eigenvalue weighted by molar-refractivity contribution is 5.96. The molecule has 0 bridgehead atoms. The highest BCUT2D eigenvalue weighted by Crippen LogP contribution is 2.29. The van der Waals surface area contributed by atoms with E-state index in [4.69, 9.17) is 9.47 Å². The van der Waals surface area contributed by atoms with Crippen LogP contribution in [0.4, 0.5) is 11.4 Å². The molecule has 0 aliphatic heterocycles. The number of ether oxygens (including phenoxy) is 2. The average molecular weight is 410 g/mol. The van der Waals surface area contributed by atoms with Gasteiger partial charge in [0.2, 0.25) is 5.91 Å². The van der Waals surface area contributed by atoms with Gasteiger partial charge < -0.3 is 20.1 Å². The van der Waals surface area contributed by atoms with E-state index in [1.54, 1.807) is 58.0 Å². The third-order valence-corrected chi connectivity index (χ3v) is 4.98. The molecule has 1 aromatic heterocycles. The van der Waals surface area contributed by atoms with E-state index in [0.717, 1.165) is 5.69 Å². The SMILES string of the molecule is COc1ccc(NC(C)C(=O)Nc2c(C)n(C)n(-c3ccccc3)c2=O)c(OC)c1. The number of aromatic nitrogens is 2. The fraction of sp³-hybridized carbons (Fsp3) is 0.273. The number of nitrogens with one attached hydrogen (secondary N) is 2. The second-order valence-electron chi connectivity index (χ2n) is 6.86. The van der Waals surface area contributed by atoms with Crippen LogP contribution in [0.15, 0.2) is 53.3 Å². The molecule has 8 nitrogen and oxygen atoms in total. The normalized spacial score (nSPS) is 11.6. The van der Waals surface area contributed by atoms with Gasteiger partial charge in [-0.25, -0.2) is 4.68 Å². The molecule has 0 aliphatic carbocycles. The predicted molar refractivity (Wildman–Crippen MR) is 117 cm³/mol. The molecule has 2 N–H and O–H groups in total. The van der Waals surface area contributed by atoms with Crippen molar-refractivity contribution in [3.05, 3.63) is 64.6 Å². The molecule has 8 heteroatoms. The van der Waals surface area contributed by atoms with Crippen molar-refractivity contribution >= 4 is 17.3 Å². The fourth-order valence-corrected chi connectivity index (χ4v) is 3.16. The molecule has 1 unspecified atom stereocenters. The molecule has 1 atom stereocenters. The standard InChI is InChI=1S/C22H26N4O4/c1-14(23-18-12-11-17(29-4)13-19(18)30-5)21(27)24-20-15(2)25(3)26(22(20)28)16-9-7-6-8-10-16/h6-14,23H,1-5H3,(H,24,27). The largest absolute Gasteiger partial charge is 0.497 e. The molecule has 3 aromatic rings. The third kappa shape index (κ3) is 4.03. The highest BCUT2D eigenvalue weighted by Gasteiger charge is 2.21. The number of carbonyl (C=O) groups is 1. The van der Waals surface area contributed by atoms with Crippen LogP contribution in [0, 0.1) is 6.92 Å². The van der Waals surface area contributed by atoms with Gasteiger partial charge in [-0.1, -0.05) is 18.2 Å². The average Bonchev–Trinajstić information content (AvgIpc) is 2.97. The monoisotopic (exact) mass is 410 g/mol. The quantitative estimate of drug-likeness (QED) is 0.625. The summed E-state index contributed by atoms with van der Waals surface area (Å²) in [5, 5.41) is 5.88. The molecule has 0 aliphatic rings. The van der Waals surface area contributed by atoms with Crippen LogP contribution >= 0.6 is 0 Å². The van der Waals surface area contributed by atoms with E-state index >= 15 is 0 Å². The lowest BCUT2D eigenvalue weighted by Crippen LogP contribution is -2.33. The topological polar surface area (TPSA) is 86.5 Å². The molecule has 1 amide bonds. The lowest BCUT2D eigenvalue weighted by molar-refractivity contribution is -0.116. The summed E-state index contributed by atoms with van der Waals surface area (Å²) in [6, 6.07) is 13.9. The zero-order valence-corrected chi connectivity index (χ0v) is 17.7. The van der Waals surface area contributed by atoms with Crippen LogP contribution in [0.3, 0.4) is 0 Å². The number of benzene rings is 2. The summed E-state index contributed by atoms with van der Waals surface area (Å²) in [6.45, 7) is 3.51. The number of carbonyl (C=O) groups excluding carboxylic acids is 1. The minimum Gasteiger partial charge on any atom is -0.497 e. The molecule has 158 valence electrons. The highest BCUT2D eigenvalue weighted by atomic mass is 16.5. The van der Waals surface area contributed by atoms with Gasteiger partial charge in [-0.05, 0) is 38.1 Å². The summed E-state index contributed by atoms with van der Waals surface area (Å²) in [7, 11) is 4.90. The maximum Gasteiger partial charge on any atom is 0.295 e. The Labute approximate surface area is 175 Å². The van der Waals surface area contributed by atoms with Crippen molar-refractivity contribution < 1.29 is 14.3 Å². The third-order valence-electron chi connectivity index (χ3n) is 4.98. The van der Waals surface area contributed by atoms with E-state index in [9.17, 15) is 9.59 Å². The molecule has 2 aromatic carbocycles. The number of rotatable bonds is 7. The number of amides is 1. The van der Waals surface area contributed by atoms with E-state index in [1.807, 2.05) is 30.3 Å². The number of hydrogen-bond acceptors (Lipinski definition) is 5. The zero-order chi connectivity index (χ0) is 21.8. The summed E-state index contributed by atoms with van der Waals surface area (Å²) in [5.74, 6) is 0.867. The van der Waals surface area contributed by atoms with Gasteiger partial charge in [0.25, 0.3) is 5.56 Å². The van der Waals surface area contributed by atoms with Crippen LogP contribution in [-0.4, -0.2) is 35.5 Å². The smallest absolute Gasteiger partial charge is 0.295 e. The van der Waals surface area contributed by atoms with E-state index in [0.29, 0.717) is 22.9 Å². The summed E-state index contributed by atoms with van der Waals surface area (Å²) < 4.78 is 13.8. The van der Waals surface area contributed by atoms with E-state index in [2.05, 4.69) is 10.6 Å². The second-order valence-corrected chi connectivity index (χ2v) is 6.86. The summed E-state index contributed by atoms with van der Waals surface area (Å²) in [4.78, 5) is 25.8. The van der Waals surface area contributed by atoms with Gasteiger partial charge in [0, 0.05) is 13.1 Å². The summed E-state index contributed by atoms with van der Waals surface area (Å²) >= 11 is 0. The molecule has 3 rings (SSSR count). The summed E-state index contributed by atoms with van der Waals surface area (Å²) in [5.41, 5.74) is 1.99. The van der Waals surface area contributed by atoms with Crippen molar-refractivity contribution in [1.82, 2.24) is 9.36 Å². The number of anilines is 2. The van der Waals surface area contributed by atoms with E-state index in [1.165, 1.54) is 4.68 Å². The van der Waals surface area contributed by atoms with E-state index in [-0.39, 0.29) is 17.2 Å². The van der Waals surface area contributed by atoms with Gasteiger partial charge in [-0.3, -0.25) is 14.3 Å². The van der Waals surface area contributed by atoms with Crippen molar-refractivity contribution in [2.75, 3.05) is 24.9 Å². The molecular weight excluding hydrogens is 384 g/mol. The number of hydrogen-bond donors (Lipinski definition) is 2. The Morgan fingerprint density at radius 3 is 2.40 bits per heavy atom. The van der Waals surface area contributed by atoms with Crippen molar-refractivity contribution in [2.24, 2.45) is 7.05 Å². The summed E-state index contributed by atoms with van der Waals surface area (Å²) in [6.07, 6.45) is 0. The Balaban J connectivity index is 1.82. The first-order valence-corrected chi connectivity index (χ1v) is 9.50. The van der Waals surface area contributed by atoms with Gasteiger partial charge >= 0.3 is 0 Å². The number of nitrogens with zero attached hydrogens (tertiary/aromatic N) is 2. The maximum absolute atomic E-state index is 13.0. The molecular formula is C22H26N4O4. The lowest BCUT2D eigenvalue weighted by atomic mass is 10.2. The Kier molecular flexibility index (Phi) is 6.15. The minimum atomic E-state index is -0.614. The van der Waals surface area contributed by atoms with Crippen LogP contribution < -0.4 is 25.7 Å². The first kappa shape index (κ1) is 21.0. The molecule has 0 saturated carbocycles. The molecule has 0 saturated heterocycles. The van der Waals surface area contributed by atoms with Crippen LogP contribution in [-0.2, 0) is 11.8 Å². The van der Waals surface area contributed by atoms with Crippen LogP contribution in [0.2, 0.25) is 0 Å². The van der Waals surface area contributed by atoms with Crippen molar-refractivity contribution in [1.29, 1.82) is 0 Å².